The molecule has 20 heavy (non-hydrogen) atoms. The summed E-state index contributed by atoms with van der Waals surface area (Å²) in [6.07, 6.45) is 0. The molecule has 2 aromatic rings. The number of rotatable bonds is 5. The Morgan fingerprint density at radius 3 is 2.60 bits per heavy atom. The second-order valence-corrected chi connectivity index (χ2v) is 4.75. The van der Waals surface area contributed by atoms with E-state index in [1.165, 1.54) is 0 Å². The Balaban J connectivity index is 1.89. The van der Waals surface area contributed by atoms with Crippen molar-refractivity contribution in [2.45, 2.75) is 26.8 Å². The molecule has 1 aromatic heterocycles. The molecule has 1 amide bonds. The van der Waals surface area contributed by atoms with Crippen LogP contribution in [0.5, 0.6) is 0 Å². The van der Waals surface area contributed by atoms with Crippen LogP contribution in [0.25, 0.3) is 0 Å². The normalized spacial score (nSPS) is 11.9. The molecule has 1 atom stereocenters. The Kier molecular flexibility index (Phi) is 4.40. The van der Waals surface area contributed by atoms with E-state index < -0.39 is 0 Å². The topological polar surface area (TPSA) is 67.2 Å². The van der Waals surface area contributed by atoms with Crippen LogP contribution in [-0.2, 0) is 4.79 Å². The SMILES string of the molecule is Cc1noc(C)c1C(C)NC(=O)CNc1ccccc1. The first-order valence-electron chi connectivity index (χ1n) is 6.59. The molecular formula is C15H19N3O2. The van der Waals surface area contributed by atoms with Gasteiger partial charge in [0.05, 0.1) is 18.3 Å². The quantitative estimate of drug-likeness (QED) is 0.878. The third kappa shape index (κ3) is 3.38. The van der Waals surface area contributed by atoms with Crippen molar-refractivity contribution in [3.63, 3.8) is 0 Å². The van der Waals surface area contributed by atoms with E-state index in [0.29, 0.717) is 0 Å². The predicted molar refractivity (Wildman–Crippen MR) is 77.5 cm³/mol. The van der Waals surface area contributed by atoms with Gasteiger partial charge in [-0.3, -0.25) is 4.79 Å². The van der Waals surface area contributed by atoms with Crippen LogP contribution in [0.1, 0.15) is 30.0 Å². The van der Waals surface area contributed by atoms with Crippen molar-refractivity contribution in [1.29, 1.82) is 0 Å². The van der Waals surface area contributed by atoms with Crippen molar-refractivity contribution in [3.8, 4) is 0 Å². The number of hydrogen-bond donors (Lipinski definition) is 2. The molecule has 1 unspecified atom stereocenters. The minimum atomic E-state index is -0.119. The zero-order valence-corrected chi connectivity index (χ0v) is 11.9. The number of carbonyl (C=O) groups excluding carboxylic acids is 1. The molecule has 5 heteroatoms. The molecule has 1 heterocycles. The second-order valence-electron chi connectivity index (χ2n) is 4.75. The molecule has 0 aliphatic rings. The summed E-state index contributed by atoms with van der Waals surface area (Å²) >= 11 is 0. The van der Waals surface area contributed by atoms with Gasteiger partial charge in [0.2, 0.25) is 5.91 Å². The average Bonchev–Trinajstić information content (AvgIpc) is 2.77. The Labute approximate surface area is 118 Å². The first kappa shape index (κ1) is 14.1. The van der Waals surface area contributed by atoms with E-state index in [0.717, 1.165) is 22.7 Å². The van der Waals surface area contributed by atoms with Crippen LogP contribution in [0.2, 0.25) is 0 Å². The summed E-state index contributed by atoms with van der Waals surface area (Å²) in [6, 6.07) is 9.51. The highest BCUT2D eigenvalue weighted by Gasteiger charge is 2.17. The van der Waals surface area contributed by atoms with Crippen LogP contribution in [0, 0.1) is 13.8 Å². The first-order chi connectivity index (χ1) is 9.58. The van der Waals surface area contributed by atoms with Crippen molar-refractivity contribution >= 4 is 11.6 Å². The number of benzene rings is 1. The fourth-order valence-electron chi connectivity index (χ4n) is 2.21. The van der Waals surface area contributed by atoms with Gasteiger partial charge in [-0.25, -0.2) is 0 Å². The van der Waals surface area contributed by atoms with Crippen LogP contribution >= 0.6 is 0 Å². The van der Waals surface area contributed by atoms with Crippen molar-refractivity contribution < 1.29 is 9.32 Å². The number of amides is 1. The van der Waals surface area contributed by atoms with Crippen molar-refractivity contribution in [2.24, 2.45) is 0 Å². The molecule has 0 radical (unpaired) electrons. The van der Waals surface area contributed by atoms with Crippen molar-refractivity contribution in [3.05, 3.63) is 47.3 Å². The van der Waals surface area contributed by atoms with Gasteiger partial charge in [0.1, 0.15) is 5.76 Å². The zero-order valence-electron chi connectivity index (χ0n) is 11.9. The lowest BCUT2D eigenvalue weighted by Crippen LogP contribution is -2.32. The molecule has 2 rings (SSSR count). The maximum absolute atomic E-state index is 11.9. The summed E-state index contributed by atoms with van der Waals surface area (Å²) in [5.41, 5.74) is 2.68. The summed E-state index contributed by atoms with van der Waals surface area (Å²) in [7, 11) is 0. The fraction of sp³-hybridized carbons (Fsp3) is 0.333. The predicted octanol–water partition coefficient (Wildman–Crippen LogP) is 2.58. The van der Waals surface area contributed by atoms with Gasteiger partial charge in [0.15, 0.2) is 0 Å². The average molecular weight is 273 g/mol. The van der Waals surface area contributed by atoms with E-state index in [1.807, 2.05) is 51.1 Å². The molecule has 0 saturated heterocycles. The summed E-state index contributed by atoms with van der Waals surface area (Å²) in [5, 5.41) is 9.90. The van der Waals surface area contributed by atoms with Gasteiger partial charge in [-0.2, -0.15) is 0 Å². The van der Waals surface area contributed by atoms with Gasteiger partial charge in [-0.15, -0.1) is 0 Å². The third-order valence-electron chi connectivity index (χ3n) is 3.13. The lowest BCUT2D eigenvalue weighted by molar-refractivity contribution is -0.120. The molecule has 1 aromatic carbocycles. The molecule has 2 N–H and O–H groups in total. The Morgan fingerprint density at radius 2 is 2.00 bits per heavy atom. The minimum Gasteiger partial charge on any atom is -0.376 e. The lowest BCUT2D eigenvalue weighted by Gasteiger charge is -2.14. The minimum absolute atomic E-state index is 0.0682. The van der Waals surface area contributed by atoms with E-state index in [4.69, 9.17) is 4.52 Å². The number of nitrogens with zero attached hydrogens (tertiary/aromatic N) is 1. The van der Waals surface area contributed by atoms with Gasteiger partial charge in [0.25, 0.3) is 0 Å². The van der Waals surface area contributed by atoms with Crippen LogP contribution in [0.3, 0.4) is 0 Å². The highest BCUT2D eigenvalue weighted by atomic mass is 16.5. The standard InChI is InChI=1S/C15H19N3O2/c1-10(15-11(2)18-20-12(15)3)17-14(19)9-16-13-7-5-4-6-8-13/h4-8,10,16H,9H2,1-3H3,(H,17,19). The second kappa shape index (κ2) is 6.23. The number of nitrogens with one attached hydrogen (secondary N) is 2. The van der Waals surface area contributed by atoms with Crippen molar-refractivity contribution in [1.82, 2.24) is 10.5 Å². The molecule has 0 spiro atoms. The maximum atomic E-state index is 11.9. The third-order valence-corrected chi connectivity index (χ3v) is 3.13. The summed E-state index contributed by atoms with van der Waals surface area (Å²) in [4.78, 5) is 11.9. The summed E-state index contributed by atoms with van der Waals surface area (Å²) in [6.45, 7) is 5.88. The Morgan fingerprint density at radius 1 is 1.30 bits per heavy atom. The number of para-hydroxylation sites is 1. The molecule has 0 aliphatic heterocycles. The van der Waals surface area contributed by atoms with E-state index in [9.17, 15) is 4.79 Å². The van der Waals surface area contributed by atoms with E-state index in [-0.39, 0.29) is 18.5 Å². The van der Waals surface area contributed by atoms with Gasteiger partial charge in [-0.05, 0) is 32.9 Å². The van der Waals surface area contributed by atoms with Crippen molar-refractivity contribution in [2.75, 3.05) is 11.9 Å². The number of aryl methyl sites for hydroxylation is 2. The number of anilines is 1. The maximum Gasteiger partial charge on any atom is 0.239 e. The molecular weight excluding hydrogens is 254 g/mol. The summed E-state index contributed by atoms with van der Waals surface area (Å²) < 4.78 is 5.11. The van der Waals surface area contributed by atoms with E-state index in [1.54, 1.807) is 0 Å². The molecule has 0 aliphatic carbocycles. The van der Waals surface area contributed by atoms with Gasteiger partial charge < -0.3 is 15.2 Å². The van der Waals surface area contributed by atoms with Gasteiger partial charge >= 0.3 is 0 Å². The molecule has 0 fully saturated rings. The van der Waals surface area contributed by atoms with Gasteiger partial charge in [0, 0.05) is 11.3 Å². The monoisotopic (exact) mass is 273 g/mol. The Hall–Kier alpha value is -2.30. The van der Waals surface area contributed by atoms with E-state index >= 15 is 0 Å². The molecule has 106 valence electrons. The number of carbonyl (C=O) groups is 1. The fourth-order valence-corrected chi connectivity index (χ4v) is 2.21. The first-order valence-corrected chi connectivity index (χ1v) is 6.59. The smallest absolute Gasteiger partial charge is 0.239 e. The lowest BCUT2D eigenvalue weighted by atomic mass is 10.1. The van der Waals surface area contributed by atoms with Crippen LogP contribution in [0.15, 0.2) is 34.9 Å². The highest BCUT2D eigenvalue weighted by Crippen LogP contribution is 2.20. The highest BCUT2D eigenvalue weighted by molar-refractivity contribution is 5.81. The van der Waals surface area contributed by atoms with Gasteiger partial charge in [-0.1, -0.05) is 23.4 Å². The molecule has 5 nitrogen and oxygen atoms in total. The van der Waals surface area contributed by atoms with Crippen LogP contribution in [0.4, 0.5) is 5.69 Å². The summed E-state index contributed by atoms with van der Waals surface area (Å²) in [5.74, 6) is 0.674. The largest absolute Gasteiger partial charge is 0.376 e. The zero-order chi connectivity index (χ0) is 14.5. The Bertz CT molecular complexity index is 559. The number of aromatic nitrogens is 1. The van der Waals surface area contributed by atoms with E-state index in [2.05, 4.69) is 15.8 Å². The molecule has 0 bridgehead atoms. The number of hydrogen-bond acceptors (Lipinski definition) is 4. The van der Waals surface area contributed by atoms with Crippen LogP contribution in [-0.4, -0.2) is 17.6 Å². The molecule has 0 saturated carbocycles. The van der Waals surface area contributed by atoms with Crippen LogP contribution < -0.4 is 10.6 Å².